The number of pyridine rings is 1. The van der Waals surface area contributed by atoms with Crippen molar-refractivity contribution in [2.24, 2.45) is 11.8 Å². The minimum atomic E-state index is -0.978. The lowest BCUT2D eigenvalue weighted by Crippen LogP contribution is -2.57. The Morgan fingerprint density at radius 1 is 0.962 bits per heavy atom. The number of amides is 4. The molecule has 52 heavy (non-hydrogen) atoms. The number of likely N-dealkylation sites (tertiary alicyclic amines) is 1. The van der Waals surface area contributed by atoms with Crippen LogP contribution in [0.1, 0.15) is 72.1 Å². The minimum Gasteiger partial charge on any atom is -0.497 e. The third-order valence-corrected chi connectivity index (χ3v) is 10.1. The number of hydrogen-bond acceptors (Lipinski definition) is 8. The van der Waals surface area contributed by atoms with E-state index in [2.05, 4.69) is 16.0 Å². The zero-order valence-corrected chi connectivity index (χ0v) is 31.0. The fraction of sp³-hybridized carbons (Fsp3) is 0.525. The summed E-state index contributed by atoms with van der Waals surface area (Å²) >= 11 is 0. The van der Waals surface area contributed by atoms with Crippen molar-refractivity contribution in [3.8, 4) is 22.8 Å². The van der Waals surface area contributed by atoms with E-state index in [9.17, 15) is 19.2 Å². The molecule has 0 bridgehead atoms. The van der Waals surface area contributed by atoms with Crippen LogP contribution in [0.5, 0.6) is 11.5 Å². The molecule has 1 aliphatic carbocycles. The number of benzene rings is 2. The fourth-order valence-electron chi connectivity index (χ4n) is 7.14. The lowest BCUT2D eigenvalue weighted by atomic mass is 9.89. The van der Waals surface area contributed by atoms with Gasteiger partial charge in [0.15, 0.2) is 0 Å². The number of methoxy groups -OCH3 is 2. The number of carbonyl (C=O) groups is 4. The standard InChI is InChI=1S/C40H53N5O7/c1-6-13-31(39(48)51-5)43-37(46)34-21-29(24-45(34)40(49)44-36(25(2)3)38(47)41-23-26-14-9-7-10-15-26)52-35-22-32(27-16-11-8-12-17-27)42-33-20-28(50-4)18-19-30(33)35/h8,11-12,16-20,22,25-26,29,31,34,36H,6-7,9-10,13-15,21,23-24H2,1-5H3,(H,41,47)(H,43,46)(H,44,49)/t29-,31+,34+,36+/m1/s1. The second kappa shape index (κ2) is 18.1. The average Bonchev–Trinajstić information content (AvgIpc) is 3.59. The monoisotopic (exact) mass is 715 g/mol. The van der Waals surface area contributed by atoms with Gasteiger partial charge in [0.1, 0.15) is 35.7 Å². The molecule has 3 aromatic rings. The molecule has 0 unspecified atom stereocenters. The molecule has 4 amide bonds. The van der Waals surface area contributed by atoms with Crippen molar-refractivity contribution in [3.05, 3.63) is 54.6 Å². The first-order chi connectivity index (χ1) is 25.1. The van der Waals surface area contributed by atoms with Crippen molar-refractivity contribution in [2.45, 2.75) is 96.4 Å². The van der Waals surface area contributed by atoms with E-state index in [1.54, 1.807) is 7.11 Å². The van der Waals surface area contributed by atoms with E-state index in [0.717, 1.165) is 23.8 Å². The summed E-state index contributed by atoms with van der Waals surface area (Å²) in [5.41, 5.74) is 2.25. The van der Waals surface area contributed by atoms with Crippen molar-refractivity contribution in [1.29, 1.82) is 0 Å². The third kappa shape index (κ3) is 9.51. The Bertz CT molecular complexity index is 1690. The first kappa shape index (κ1) is 38.4. The lowest BCUT2D eigenvalue weighted by molar-refractivity contribution is -0.145. The van der Waals surface area contributed by atoms with Gasteiger partial charge in [-0.05, 0) is 43.2 Å². The number of ether oxygens (including phenoxy) is 3. The highest BCUT2D eigenvalue weighted by molar-refractivity contribution is 5.93. The Morgan fingerprint density at radius 2 is 1.71 bits per heavy atom. The number of urea groups is 1. The first-order valence-electron chi connectivity index (χ1n) is 18.6. The van der Waals surface area contributed by atoms with Gasteiger partial charge in [-0.2, -0.15) is 0 Å². The van der Waals surface area contributed by atoms with Gasteiger partial charge in [-0.25, -0.2) is 14.6 Å². The molecule has 4 atom stereocenters. The van der Waals surface area contributed by atoms with Gasteiger partial charge in [0.2, 0.25) is 11.8 Å². The summed E-state index contributed by atoms with van der Waals surface area (Å²) < 4.78 is 17.1. The number of carbonyl (C=O) groups excluding carboxylic acids is 4. The molecule has 3 N–H and O–H groups in total. The summed E-state index contributed by atoms with van der Waals surface area (Å²) in [6.45, 7) is 6.31. The molecule has 2 aliphatic rings. The van der Waals surface area contributed by atoms with E-state index in [1.807, 2.05) is 75.4 Å². The van der Waals surface area contributed by atoms with Crippen LogP contribution in [0, 0.1) is 11.8 Å². The van der Waals surface area contributed by atoms with Crippen LogP contribution in [0.15, 0.2) is 54.6 Å². The van der Waals surface area contributed by atoms with Gasteiger partial charge in [0, 0.05) is 36.0 Å². The fourth-order valence-corrected chi connectivity index (χ4v) is 7.14. The van der Waals surface area contributed by atoms with Crippen LogP contribution in [0.3, 0.4) is 0 Å². The largest absolute Gasteiger partial charge is 0.497 e. The highest BCUT2D eigenvalue weighted by Gasteiger charge is 2.43. The zero-order valence-electron chi connectivity index (χ0n) is 31.0. The average molecular weight is 716 g/mol. The summed E-state index contributed by atoms with van der Waals surface area (Å²) in [6.07, 6.45) is 6.30. The van der Waals surface area contributed by atoms with Gasteiger partial charge in [-0.3, -0.25) is 9.59 Å². The topological polar surface area (TPSA) is 148 Å². The summed E-state index contributed by atoms with van der Waals surface area (Å²) in [5, 5.41) is 9.55. The van der Waals surface area contributed by atoms with E-state index >= 15 is 0 Å². The Morgan fingerprint density at radius 3 is 2.38 bits per heavy atom. The van der Waals surface area contributed by atoms with Gasteiger partial charge in [0.25, 0.3) is 0 Å². The number of nitrogens with one attached hydrogen (secondary N) is 3. The Kier molecular flexibility index (Phi) is 13.3. The van der Waals surface area contributed by atoms with Crippen molar-refractivity contribution in [1.82, 2.24) is 25.8 Å². The summed E-state index contributed by atoms with van der Waals surface area (Å²) in [5.74, 6) is 0.111. The quantitative estimate of drug-likeness (QED) is 0.182. The highest BCUT2D eigenvalue weighted by Crippen LogP contribution is 2.34. The molecule has 2 aromatic carbocycles. The van der Waals surface area contributed by atoms with Gasteiger partial charge >= 0.3 is 12.0 Å². The number of hydrogen-bond donors (Lipinski definition) is 3. The van der Waals surface area contributed by atoms with Gasteiger partial charge in [0.05, 0.1) is 32.0 Å². The number of esters is 1. The molecule has 2 fully saturated rings. The maximum absolute atomic E-state index is 14.1. The highest BCUT2D eigenvalue weighted by atomic mass is 16.5. The smallest absolute Gasteiger partial charge is 0.328 e. The molecule has 5 rings (SSSR count). The molecule has 0 radical (unpaired) electrons. The van der Waals surface area contributed by atoms with E-state index in [4.69, 9.17) is 19.2 Å². The SMILES string of the molecule is CCC[C@H](NC(=O)[C@@H]1C[C@@H](Oc2cc(-c3ccccc3)nc3cc(OC)ccc23)CN1C(=O)N[C@H](C(=O)NCC1CCCCC1)C(C)C)C(=O)OC. The second-order valence-corrected chi connectivity index (χ2v) is 14.2. The van der Waals surface area contributed by atoms with Gasteiger partial charge in [-0.1, -0.05) is 76.8 Å². The van der Waals surface area contributed by atoms with E-state index in [1.165, 1.54) is 31.3 Å². The van der Waals surface area contributed by atoms with Crippen LogP contribution < -0.4 is 25.4 Å². The third-order valence-electron chi connectivity index (χ3n) is 10.1. The van der Waals surface area contributed by atoms with E-state index in [-0.39, 0.29) is 24.8 Å². The molecule has 1 saturated carbocycles. The molecule has 1 aliphatic heterocycles. The summed E-state index contributed by atoms with van der Waals surface area (Å²) in [4.78, 5) is 60.3. The maximum Gasteiger partial charge on any atom is 0.328 e. The molecule has 0 spiro atoms. The minimum absolute atomic E-state index is 0.0652. The number of rotatable bonds is 14. The molecular weight excluding hydrogens is 662 g/mol. The second-order valence-electron chi connectivity index (χ2n) is 14.2. The van der Waals surface area contributed by atoms with E-state index in [0.29, 0.717) is 48.0 Å². The number of aromatic nitrogens is 1. The van der Waals surface area contributed by atoms with Crippen LogP contribution in [0.25, 0.3) is 22.2 Å². The molecule has 1 aromatic heterocycles. The molecule has 12 nitrogen and oxygen atoms in total. The molecule has 2 heterocycles. The lowest BCUT2D eigenvalue weighted by Gasteiger charge is -2.29. The Hall–Kier alpha value is -4.87. The van der Waals surface area contributed by atoms with Gasteiger partial charge in [-0.15, -0.1) is 0 Å². The summed E-state index contributed by atoms with van der Waals surface area (Å²) in [6, 6.07) is 13.9. The molecular formula is C40H53N5O7. The summed E-state index contributed by atoms with van der Waals surface area (Å²) in [7, 11) is 2.87. The molecule has 12 heteroatoms. The predicted octanol–water partition coefficient (Wildman–Crippen LogP) is 5.62. The van der Waals surface area contributed by atoms with Crippen LogP contribution >= 0.6 is 0 Å². The van der Waals surface area contributed by atoms with E-state index < -0.39 is 42.1 Å². The number of nitrogens with zero attached hydrogens (tertiary/aromatic N) is 2. The van der Waals surface area contributed by atoms with Crippen LogP contribution in [-0.2, 0) is 19.1 Å². The molecule has 280 valence electrons. The van der Waals surface area contributed by atoms with Crippen LogP contribution in [0.2, 0.25) is 0 Å². The van der Waals surface area contributed by atoms with Crippen LogP contribution in [-0.4, -0.2) is 85.2 Å². The normalized spacial score (nSPS) is 18.8. The van der Waals surface area contributed by atoms with Crippen molar-refractivity contribution >= 4 is 34.7 Å². The van der Waals surface area contributed by atoms with Gasteiger partial charge < -0.3 is 35.1 Å². The first-order valence-corrected chi connectivity index (χ1v) is 18.6. The zero-order chi connectivity index (χ0) is 37.2. The van der Waals surface area contributed by atoms with Crippen molar-refractivity contribution < 1.29 is 33.4 Å². The molecule has 1 saturated heterocycles. The number of fused-ring (bicyclic) bond motifs is 1. The van der Waals surface area contributed by atoms with Crippen molar-refractivity contribution in [2.75, 3.05) is 27.3 Å². The predicted molar refractivity (Wildman–Crippen MR) is 199 cm³/mol. The maximum atomic E-state index is 14.1. The van der Waals surface area contributed by atoms with Crippen LogP contribution in [0.4, 0.5) is 4.79 Å². The van der Waals surface area contributed by atoms with Crippen molar-refractivity contribution in [3.63, 3.8) is 0 Å². The Labute approximate surface area is 306 Å². The Balaban J connectivity index is 1.41.